The normalized spacial score (nSPS) is 27.9. The van der Waals surface area contributed by atoms with Crippen LogP contribution in [0.3, 0.4) is 0 Å². The van der Waals surface area contributed by atoms with Crippen molar-refractivity contribution in [3.63, 3.8) is 0 Å². The van der Waals surface area contributed by atoms with Crippen molar-refractivity contribution in [1.29, 1.82) is 0 Å². The van der Waals surface area contributed by atoms with Gasteiger partial charge in [-0.15, -0.1) is 0 Å². The lowest BCUT2D eigenvalue weighted by Gasteiger charge is -2.43. The van der Waals surface area contributed by atoms with E-state index < -0.39 is 5.82 Å². The van der Waals surface area contributed by atoms with Crippen LogP contribution in [0.4, 0.5) is 10.1 Å². The first-order valence-electron chi connectivity index (χ1n) is 8.25. The lowest BCUT2D eigenvalue weighted by atomic mass is 9.80. The van der Waals surface area contributed by atoms with Crippen molar-refractivity contribution in [1.82, 2.24) is 15.1 Å². The molecule has 2 aromatic rings. The van der Waals surface area contributed by atoms with Crippen LogP contribution in [-0.2, 0) is 0 Å². The van der Waals surface area contributed by atoms with Crippen molar-refractivity contribution in [3.05, 3.63) is 34.0 Å². The van der Waals surface area contributed by atoms with Gasteiger partial charge in [-0.05, 0) is 45.5 Å². The molecule has 6 heteroatoms. The maximum atomic E-state index is 13.8. The minimum atomic E-state index is -0.400. The van der Waals surface area contributed by atoms with Crippen LogP contribution in [0, 0.1) is 5.82 Å². The third kappa shape index (κ3) is 2.24. The zero-order valence-corrected chi connectivity index (χ0v) is 13.4. The minimum Gasteiger partial charge on any atom is -0.381 e. The summed E-state index contributed by atoms with van der Waals surface area (Å²) in [7, 11) is 2.15. The molecular weight excluding hydrogens is 295 g/mol. The van der Waals surface area contributed by atoms with E-state index in [4.69, 9.17) is 0 Å². The second-order valence-corrected chi connectivity index (χ2v) is 6.82. The lowest BCUT2D eigenvalue weighted by Crippen LogP contribution is -2.47. The zero-order valence-electron chi connectivity index (χ0n) is 13.4. The predicted molar refractivity (Wildman–Crippen MR) is 88.4 cm³/mol. The molecule has 3 heterocycles. The first kappa shape index (κ1) is 14.6. The second-order valence-electron chi connectivity index (χ2n) is 6.82. The highest BCUT2D eigenvalue weighted by molar-refractivity contribution is 5.97. The predicted octanol–water partition coefficient (Wildman–Crippen LogP) is 2.44. The number of rotatable bonds is 1. The van der Waals surface area contributed by atoms with Gasteiger partial charge in [0.2, 0.25) is 0 Å². The van der Waals surface area contributed by atoms with Crippen LogP contribution in [0.5, 0.6) is 0 Å². The number of aromatic amines is 1. The van der Waals surface area contributed by atoms with Gasteiger partial charge in [0, 0.05) is 29.1 Å². The van der Waals surface area contributed by atoms with Crippen molar-refractivity contribution in [3.8, 4) is 0 Å². The molecule has 0 amide bonds. The highest BCUT2D eigenvalue weighted by Gasteiger charge is 2.38. The topological polar surface area (TPSA) is 61.0 Å². The summed E-state index contributed by atoms with van der Waals surface area (Å²) < 4.78 is 13.8. The van der Waals surface area contributed by atoms with Crippen molar-refractivity contribution >= 4 is 16.5 Å². The molecule has 0 radical (unpaired) electrons. The van der Waals surface area contributed by atoms with Crippen LogP contribution >= 0.6 is 0 Å². The van der Waals surface area contributed by atoms with Crippen LogP contribution in [0.1, 0.15) is 37.8 Å². The minimum absolute atomic E-state index is 0.136. The fourth-order valence-electron chi connectivity index (χ4n) is 4.29. The van der Waals surface area contributed by atoms with Crippen LogP contribution < -0.4 is 10.9 Å². The number of likely N-dealkylation sites (N-methyl/N-ethyl adjacent to an activating group) is 1. The Morgan fingerprint density at radius 3 is 2.96 bits per heavy atom. The van der Waals surface area contributed by atoms with E-state index in [9.17, 15) is 9.18 Å². The standard InChI is InChI=1S/C17H21FN4O/c1-9-14(13-5-3-4-6-22(13)2)16-15-11(17(23)21-20-16)7-10(18)8-12(15)19-9/h7-9,13-14,19H,3-6H2,1-2H3,(H,21,23)/t9-,13+,14+/m1/s1. The largest absolute Gasteiger partial charge is 0.381 e. The molecule has 2 aliphatic rings. The van der Waals surface area contributed by atoms with Crippen LogP contribution in [-0.4, -0.2) is 40.8 Å². The summed E-state index contributed by atoms with van der Waals surface area (Å²) in [5, 5.41) is 11.5. The summed E-state index contributed by atoms with van der Waals surface area (Å²) in [4.78, 5) is 14.5. The Bertz CT molecular complexity index is 818. The van der Waals surface area contributed by atoms with E-state index in [0.29, 0.717) is 17.1 Å². The number of hydrogen-bond acceptors (Lipinski definition) is 4. The van der Waals surface area contributed by atoms with Gasteiger partial charge in [0.1, 0.15) is 5.82 Å². The third-order valence-electron chi connectivity index (χ3n) is 5.36. The molecule has 2 N–H and O–H groups in total. The number of halogens is 1. The third-order valence-corrected chi connectivity index (χ3v) is 5.36. The lowest BCUT2D eigenvalue weighted by molar-refractivity contribution is 0.150. The quantitative estimate of drug-likeness (QED) is 0.848. The zero-order chi connectivity index (χ0) is 16.1. The molecule has 0 unspecified atom stereocenters. The Kier molecular flexibility index (Phi) is 3.37. The molecular formula is C17H21FN4O. The molecule has 1 aromatic heterocycles. The van der Waals surface area contributed by atoms with Crippen molar-refractivity contribution in [2.75, 3.05) is 18.9 Å². The first-order valence-corrected chi connectivity index (χ1v) is 8.25. The summed E-state index contributed by atoms with van der Waals surface area (Å²) in [5.74, 6) is -0.222. The molecule has 4 rings (SSSR count). The molecule has 3 atom stereocenters. The average Bonchev–Trinajstić information content (AvgIpc) is 2.51. The molecule has 0 spiro atoms. The number of likely N-dealkylation sites (tertiary alicyclic amines) is 1. The highest BCUT2D eigenvalue weighted by atomic mass is 19.1. The van der Waals surface area contributed by atoms with Gasteiger partial charge in [0.05, 0.1) is 11.1 Å². The van der Waals surface area contributed by atoms with E-state index in [-0.39, 0.29) is 17.5 Å². The summed E-state index contributed by atoms with van der Waals surface area (Å²) in [6, 6.07) is 3.29. The average molecular weight is 316 g/mol. The van der Waals surface area contributed by atoms with Gasteiger partial charge in [-0.25, -0.2) is 9.49 Å². The van der Waals surface area contributed by atoms with E-state index in [0.717, 1.165) is 24.0 Å². The van der Waals surface area contributed by atoms with Gasteiger partial charge in [-0.2, -0.15) is 5.10 Å². The maximum absolute atomic E-state index is 13.8. The Balaban J connectivity index is 1.93. The van der Waals surface area contributed by atoms with Crippen molar-refractivity contribution in [2.45, 2.75) is 44.2 Å². The number of nitrogens with zero attached hydrogens (tertiary/aromatic N) is 2. The summed E-state index contributed by atoms with van der Waals surface area (Å²) >= 11 is 0. The number of benzene rings is 1. The smallest absolute Gasteiger partial charge is 0.272 e. The van der Waals surface area contributed by atoms with Gasteiger partial charge in [0.15, 0.2) is 0 Å². The Labute approximate surface area is 133 Å². The molecule has 0 aliphatic carbocycles. The molecule has 1 saturated heterocycles. The maximum Gasteiger partial charge on any atom is 0.272 e. The van der Waals surface area contributed by atoms with E-state index in [1.165, 1.54) is 25.0 Å². The highest BCUT2D eigenvalue weighted by Crippen LogP contribution is 2.41. The summed E-state index contributed by atoms with van der Waals surface area (Å²) in [6.45, 7) is 3.19. The number of H-pyrrole nitrogens is 1. The van der Waals surface area contributed by atoms with Crippen molar-refractivity contribution in [2.24, 2.45) is 0 Å². The Hall–Kier alpha value is -1.95. The van der Waals surface area contributed by atoms with Gasteiger partial charge in [0.25, 0.3) is 5.56 Å². The molecule has 1 aromatic carbocycles. The first-order chi connectivity index (χ1) is 11.1. The van der Waals surface area contributed by atoms with E-state index in [2.05, 4.69) is 34.4 Å². The number of anilines is 1. The molecule has 0 bridgehead atoms. The number of hydrogen-bond donors (Lipinski definition) is 2. The number of nitrogens with one attached hydrogen (secondary N) is 2. The molecule has 122 valence electrons. The molecule has 23 heavy (non-hydrogen) atoms. The Morgan fingerprint density at radius 2 is 2.17 bits per heavy atom. The van der Waals surface area contributed by atoms with E-state index in [1.54, 1.807) is 0 Å². The number of piperidine rings is 1. The van der Waals surface area contributed by atoms with Gasteiger partial charge in [-0.1, -0.05) is 6.42 Å². The van der Waals surface area contributed by atoms with Gasteiger partial charge in [-0.3, -0.25) is 4.79 Å². The van der Waals surface area contributed by atoms with Gasteiger partial charge < -0.3 is 10.2 Å². The molecule has 0 saturated carbocycles. The van der Waals surface area contributed by atoms with Crippen LogP contribution in [0.2, 0.25) is 0 Å². The van der Waals surface area contributed by atoms with Crippen LogP contribution in [0.15, 0.2) is 16.9 Å². The Morgan fingerprint density at radius 1 is 1.35 bits per heavy atom. The SMILES string of the molecule is C[C@H]1Nc2cc(F)cc3c(=O)[nH]nc(c23)[C@@H]1[C@@H]1CCCCN1C. The van der Waals surface area contributed by atoms with Crippen molar-refractivity contribution < 1.29 is 4.39 Å². The second kappa shape index (κ2) is 5.30. The summed E-state index contributed by atoms with van der Waals surface area (Å²) in [6.07, 6.45) is 3.55. The fourth-order valence-corrected chi connectivity index (χ4v) is 4.29. The van der Waals surface area contributed by atoms with Gasteiger partial charge >= 0.3 is 0 Å². The molecule has 5 nitrogen and oxygen atoms in total. The van der Waals surface area contributed by atoms with E-state index in [1.807, 2.05) is 0 Å². The molecule has 2 aliphatic heterocycles. The number of aromatic nitrogens is 2. The molecule has 1 fully saturated rings. The summed E-state index contributed by atoms with van der Waals surface area (Å²) in [5.41, 5.74) is 1.23. The van der Waals surface area contributed by atoms with Crippen LogP contribution in [0.25, 0.3) is 10.8 Å². The van der Waals surface area contributed by atoms with E-state index >= 15 is 0 Å². The fraction of sp³-hybridized carbons (Fsp3) is 0.529. The monoisotopic (exact) mass is 316 g/mol.